The van der Waals surface area contributed by atoms with Crippen molar-refractivity contribution in [3.8, 4) is 0 Å². The lowest BCUT2D eigenvalue weighted by Gasteiger charge is -2.19. The van der Waals surface area contributed by atoms with E-state index in [9.17, 15) is 13.2 Å². The van der Waals surface area contributed by atoms with Gasteiger partial charge in [0.2, 0.25) is 9.84 Å². The Morgan fingerprint density at radius 1 is 0.808 bits per heavy atom. The third-order valence-corrected chi connectivity index (χ3v) is 5.99. The fraction of sp³-hybridized carbons (Fsp3) is 0.0952. The van der Waals surface area contributed by atoms with Gasteiger partial charge in [-0.05, 0) is 29.3 Å². The molecule has 0 aliphatic rings. The van der Waals surface area contributed by atoms with Crippen LogP contribution in [-0.2, 0) is 19.4 Å². The van der Waals surface area contributed by atoms with Crippen LogP contribution in [0.25, 0.3) is 0 Å². The molecule has 3 rings (SSSR count). The maximum atomic E-state index is 13.1. The minimum Gasteiger partial charge on any atom is -0.468 e. The van der Waals surface area contributed by atoms with Gasteiger partial charge in [0, 0.05) is 0 Å². The average Bonchev–Trinajstić information content (AvgIpc) is 2.70. The summed E-state index contributed by atoms with van der Waals surface area (Å²) in [6.07, 6.45) is 0. The van der Waals surface area contributed by atoms with Crippen LogP contribution in [0, 0.1) is 0 Å². The van der Waals surface area contributed by atoms with Gasteiger partial charge in [0.05, 0.1) is 16.9 Å². The lowest BCUT2D eigenvalue weighted by atomic mass is 9.91. The van der Waals surface area contributed by atoms with Gasteiger partial charge in [0.25, 0.3) is 0 Å². The van der Waals surface area contributed by atoms with E-state index in [1.54, 1.807) is 72.8 Å². The SMILES string of the molecule is COC(=O)C(c1ccccc1)c1ccccc1S(=O)(=O)c1ccccc1. The molecule has 0 heterocycles. The van der Waals surface area contributed by atoms with Crippen LogP contribution < -0.4 is 0 Å². The number of ether oxygens (including phenoxy) is 1. The van der Waals surface area contributed by atoms with Crippen molar-refractivity contribution in [2.45, 2.75) is 15.7 Å². The van der Waals surface area contributed by atoms with Crippen LogP contribution in [0.3, 0.4) is 0 Å². The van der Waals surface area contributed by atoms with E-state index in [1.165, 1.54) is 13.2 Å². The highest BCUT2D eigenvalue weighted by Gasteiger charge is 2.30. The predicted molar refractivity (Wildman–Crippen MR) is 98.6 cm³/mol. The van der Waals surface area contributed by atoms with Crippen molar-refractivity contribution in [1.82, 2.24) is 0 Å². The first-order valence-electron chi connectivity index (χ1n) is 8.07. The fourth-order valence-electron chi connectivity index (χ4n) is 2.90. The van der Waals surface area contributed by atoms with E-state index >= 15 is 0 Å². The Kier molecular flexibility index (Phi) is 5.19. The molecule has 1 unspecified atom stereocenters. The Morgan fingerprint density at radius 3 is 1.96 bits per heavy atom. The van der Waals surface area contributed by atoms with Crippen molar-refractivity contribution in [2.75, 3.05) is 7.11 Å². The molecule has 5 heteroatoms. The van der Waals surface area contributed by atoms with Gasteiger partial charge in [-0.25, -0.2) is 8.42 Å². The lowest BCUT2D eigenvalue weighted by Crippen LogP contribution is -2.18. The van der Waals surface area contributed by atoms with Crippen LogP contribution in [0.1, 0.15) is 17.0 Å². The molecule has 0 aliphatic carbocycles. The van der Waals surface area contributed by atoms with Crippen molar-refractivity contribution >= 4 is 15.8 Å². The summed E-state index contributed by atoms with van der Waals surface area (Å²) >= 11 is 0. The second-order valence-corrected chi connectivity index (χ2v) is 7.64. The fourth-order valence-corrected chi connectivity index (χ4v) is 4.42. The summed E-state index contributed by atoms with van der Waals surface area (Å²) in [5.41, 5.74) is 1.07. The van der Waals surface area contributed by atoms with Gasteiger partial charge in [-0.15, -0.1) is 0 Å². The summed E-state index contributed by atoms with van der Waals surface area (Å²) in [5.74, 6) is -1.33. The first kappa shape index (κ1) is 17.9. The molecule has 0 aromatic heterocycles. The summed E-state index contributed by atoms with van der Waals surface area (Å²) in [6.45, 7) is 0. The molecule has 0 saturated carbocycles. The third kappa shape index (κ3) is 3.39. The monoisotopic (exact) mass is 366 g/mol. The van der Waals surface area contributed by atoms with Gasteiger partial charge in [-0.3, -0.25) is 4.79 Å². The maximum Gasteiger partial charge on any atom is 0.317 e. The molecule has 0 radical (unpaired) electrons. The Balaban J connectivity index is 2.21. The van der Waals surface area contributed by atoms with Crippen LogP contribution in [0.15, 0.2) is 94.7 Å². The summed E-state index contributed by atoms with van der Waals surface area (Å²) < 4.78 is 31.3. The van der Waals surface area contributed by atoms with E-state index in [-0.39, 0.29) is 9.79 Å². The standard InChI is InChI=1S/C21H18O4S/c1-25-21(22)20(16-10-4-2-5-11-16)18-14-8-9-15-19(18)26(23,24)17-12-6-3-7-13-17/h2-15,20H,1H3. The number of sulfone groups is 1. The van der Waals surface area contributed by atoms with E-state index < -0.39 is 21.7 Å². The molecular weight excluding hydrogens is 348 g/mol. The molecule has 3 aromatic carbocycles. The molecule has 26 heavy (non-hydrogen) atoms. The molecule has 0 amide bonds. The van der Waals surface area contributed by atoms with Gasteiger partial charge < -0.3 is 4.74 Å². The number of carbonyl (C=O) groups is 1. The Hall–Kier alpha value is -2.92. The Labute approximate surface area is 153 Å². The minimum atomic E-state index is -3.77. The summed E-state index contributed by atoms with van der Waals surface area (Å²) in [6, 6.07) is 23.8. The molecular formula is C21H18O4S. The molecule has 4 nitrogen and oxygen atoms in total. The largest absolute Gasteiger partial charge is 0.468 e. The van der Waals surface area contributed by atoms with Crippen molar-refractivity contribution in [3.63, 3.8) is 0 Å². The third-order valence-electron chi connectivity index (χ3n) is 4.14. The van der Waals surface area contributed by atoms with E-state index in [0.717, 1.165) is 0 Å². The van der Waals surface area contributed by atoms with Crippen LogP contribution >= 0.6 is 0 Å². The number of carbonyl (C=O) groups excluding carboxylic acids is 1. The van der Waals surface area contributed by atoms with Crippen LogP contribution in [0.2, 0.25) is 0 Å². The van der Waals surface area contributed by atoms with Gasteiger partial charge >= 0.3 is 5.97 Å². The van der Waals surface area contributed by atoms with Gasteiger partial charge in [-0.2, -0.15) is 0 Å². The summed E-state index contributed by atoms with van der Waals surface area (Å²) in [5, 5.41) is 0. The van der Waals surface area contributed by atoms with Crippen LogP contribution in [-0.4, -0.2) is 21.5 Å². The topological polar surface area (TPSA) is 60.4 Å². The zero-order valence-electron chi connectivity index (χ0n) is 14.2. The highest BCUT2D eigenvalue weighted by molar-refractivity contribution is 7.91. The zero-order valence-corrected chi connectivity index (χ0v) is 15.0. The molecule has 3 aromatic rings. The zero-order chi connectivity index (χ0) is 18.6. The quantitative estimate of drug-likeness (QED) is 0.644. The number of hydrogen-bond donors (Lipinski definition) is 0. The van der Waals surface area contributed by atoms with E-state index in [1.807, 2.05) is 6.07 Å². The molecule has 0 N–H and O–H groups in total. The first-order valence-corrected chi connectivity index (χ1v) is 9.56. The van der Waals surface area contributed by atoms with E-state index in [0.29, 0.717) is 11.1 Å². The maximum absolute atomic E-state index is 13.1. The molecule has 0 spiro atoms. The normalized spacial score (nSPS) is 12.3. The van der Waals surface area contributed by atoms with Crippen molar-refractivity contribution in [1.29, 1.82) is 0 Å². The highest BCUT2D eigenvalue weighted by atomic mass is 32.2. The summed E-state index contributed by atoms with van der Waals surface area (Å²) in [7, 11) is -2.47. The van der Waals surface area contributed by atoms with E-state index in [4.69, 9.17) is 4.74 Å². The molecule has 132 valence electrons. The Bertz CT molecular complexity index is 996. The first-order chi connectivity index (χ1) is 12.6. The minimum absolute atomic E-state index is 0.102. The van der Waals surface area contributed by atoms with Crippen molar-refractivity contribution in [2.24, 2.45) is 0 Å². The summed E-state index contributed by atoms with van der Waals surface area (Å²) in [4.78, 5) is 12.8. The number of benzene rings is 3. The molecule has 0 fully saturated rings. The Morgan fingerprint density at radius 2 is 1.35 bits per heavy atom. The average molecular weight is 366 g/mol. The van der Waals surface area contributed by atoms with Crippen LogP contribution in [0.5, 0.6) is 0 Å². The molecule has 0 aliphatic heterocycles. The molecule has 0 bridgehead atoms. The van der Waals surface area contributed by atoms with Gasteiger partial charge in [0.1, 0.15) is 5.92 Å². The molecule has 0 saturated heterocycles. The van der Waals surface area contributed by atoms with Gasteiger partial charge in [-0.1, -0.05) is 66.7 Å². The number of esters is 1. The smallest absolute Gasteiger partial charge is 0.317 e. The van der Waals surface area contributed by atoms with Gasteiger partial charge in [0.15, 0.2) is 0 Å². The molecule has 1 atom stereocenters. The number of rotatable bonds is 5. The van der Waals surface area contributed by atoms with E-state index in [2.05, 4.69) is 0 Å². The van der Waals surface area contributed by atoms with Crippen LogP contribution in [0.4, 0.5) is 0 Å². The predicted octanol–water partition coefficient (Wildman–Crippen LogP) is 3.82. The van der Waals surface area contributed by atoms with Crippen molar-refractivity contribution < 1.29 is 17.9 Å². The lowest BCUT2D eigenvalue weighted by molar-refractivity contribution is -0.141. The van der Waals surface area contributed by atoms with Crippen molar-refractivity contribution in [3.05, 3.63) is 96.1 Å². The second kappa shape index (κ2) is 7.54. The highest BCUT2D eigenvalue weighted by Crippen LogP contribution is 2.33. The second-order valence-electron chi connectivity index (χ2n) is 5.72. The number of methoxy groups -OCH3 is 1. The number of hydrogen-bond acceptors (Lipinski definition) is 4.